The Morgan fingerprint density at radius 2 is 1.79 bits per heavy atom. The van der Waals surface area contributed by atoms with E-state index < -0.39 is 17.8 Å². The van der Waals surface area contributed by atoms with Crippen molar-refractivity contribution in [1.82, 2.24) is 0 Å². The molecule has 0 bridgehead atoms. The monoisotopic (exact) mass is 417 g/mol. The Bertz CT molecular complexity index is 747. The number of thioether (sulfide) groups is 1. The Kier molecular flexibility index (Phi) is 6.79. The van der Waals surface area contributed by atoms with E-state index in [0.717, 1.165) is 30.2 Å². The van der Waals surface area contributed by atoms with Gasteiger partial charge in [-0.2, -0.15) is 13.2 Å². The first-order valence-electron chi connectivity index (χ1n) is 9.05. The van der Waals surface area contributed by atoms with Crippen LogP contribution in [-0.2, 0) is 6.18 Å². The van der Waals surface area contributed by atoms with Crippen molar-refractivity contribution in [3.8, 4) is 0 Å². The van der Waals surface area contributed by atoms with E-state index in [1.54, 1.807) is 12.1 Å². The molecule has 1 atom stereocenters. The number of aliphatic hydroxyl groups is 1. The molecule has 0 amide bonds. The fraction of sp³-hybridized carbons (Fsp3) is 0.421. The van der Waals surface area contributed by atoms with Crippen molar-refractivity contribution < 1.29 is 32.6 Å². The van der Waals surface area contributed by atoms with Crippen LogP contribution in [0.25, 0.3) is 0 Å². The van der Waals surface area contributed by atoms with Gasteiger partial charge in [0.25, 0.3) is 5.82 Å². The number of rotatable bonds is 6. The minimum Gasteiger partial charge on any atom is -0.386 e. The molecular weight excluding hydrogens is 394 g/mol. The lowest BCUT2D eigenvalue weighted by Crippen LogP contribution is -3.16. The predicted molar refractivity (Wildman–Crippen MR) is 98.9 cm³/mol. The van der Waals surface area contributed by atoms with Gasteiger partial charge in [0.15, 0.2) is 0 Å². The molecule has 28 heavy (non-hydrogen) atoms. The third-order valence-electron chi connectivity index (χ3n) is 4.72. The predicted octanol–water partition coefficient (Wildman–Crippen LogP) is 1.52. The fourth-order valence-corrected chi connectivity index (χ4v) is 4.00. The number of hydrogen-bond acceptors (Lipinski definition) is 3. The summed E-state index contributed by atoms with van der Waals surface area (Å²) < 4.78 is 50.8. The van der Waals surface area contributed by atoms with E-state index in [2.05, 4.69) is 4.98 Å². The van der Waals surface area contributed by atoms with Crippen molar-refractivity contribution >= 4 is 17.6 Å². The van der Waals surface area contributed by atoms with E-state index in [4.69, 9.17) is 0 Å². The highest BCUT2D eigenvalue weighted by Gasteiger charge is 2.33. The van der Waals surface area contributed by atoms with Gasteiger partial charge in [-0.1, -0.05) is 0 Å². The van der Waals surface area contributed by atoms with Crippen LogP contribution >= 0.6 is 11.8 Å². The lowest BCUT2D eigenvalue weighted by Gasteiger charge is -2.29. The SMILES string of the molecule is O[C@@H](CSc1ccc(F)cc1)C[NH+]1CCN(c2ccc(C(F)(F)F)c[nH+]2)CC1. The van der Waals surface area contributed by atoms with Crippen LogP contribution in [0.15, 0.2) is 47.5 Å². The quantitative estimate of drug-likeness (QED) is 0.553. The summed E-state index contributed by atoms with van der Waals surface area (Å²) in [7, 11) is 0. The number of nitrogens with zero attached hydrogens (tertiary/aromatic N) is 1. The molecule has 0 unspecified atom stereocenters. The molecule has 0 saturated carbocycles. The number of anilines is 1. The average molecular weight is 417 g/mol. The summed E-state index contributed by atoms with van der Waals surface area (Å²) in [4.78, 5) is 6.92. The second-order valence-electron chi connectivity index (χ2n) is 6.82. The van der Waals surface area contributed by atoms with Gasteiger partial charge in [0, 0.05) is 16.7 Å². The standard InChI is InChI=1S/C19H21F4N3OS/c20-15-2-4-17(5-3-15)28-13-16(27)12-25-7-9-26(10-8-25)18-6-1-14(11-24-18)19(21,22)23/h1-6,11,16,27H,7-10,12-13H2/p+2/t16-/m1/s1. The average Bonchev–Trinajstić information content (AvgIpc) is 2.68. The van der Waals surface area contributed by atoms with Crippen LogP contribution in [0.1, 0.15) is 5.56 Å². The van der Waals surface area contributed by atoms with Crippen LogP contribution in [0.5, 0.6) is 0 Å². The normalized spacial score (nSPS) is 17.0. The van der Waals surface area contributed by atoms with Gasteiger partial charge in [0.1, 0.15) is 50.8 Å². The Labute approximate surface area is 165 Å². The number of piperazine rings is 1. The van der Waals surface area contributed by atoms with Gasteiger partial charge in [-0.05, 0) is 30.3 Å². The van der Waals surface area contributed by atoms with Gasteiger partial charge >= 0.3 is 6.18 Å². The highest BCUT2D eigenvalue weighted by Crippen LogP contribution is 2.28. The van der Waals surface area contributed by atoms with E-state index in [-0.39, 0.29) is 5.82 Å². The molecule has 1 aliphatic rings. The first-order valence-corrected chi connectivity index (χ1v) is 10.0. The summed E-state index contributed by atoms with van der Waals surface area (Å²) in [6.45, 7) is 3.61. The second kappa shape index (κ2) is 9.11. The van der Waals surface area contributed by atoms with Crippen LogP contribution < -0.4 is 14.8 Å². The number of pyridine rings is 1. The second-order valence-corrected chi connectivity index (χ2v) is 7.91. The highest BCUT2D eigenvalue weighted by atomic mass is 32.2. The van der Waals surface area contributed by atoms with Crippen LogP contribution in [0.4, 0.5) is 23.4 Å². The first kappa shape index (κ1) is 20.9. The number of alkyl halides is 3. The molecule has 0 aliphatic carbocycles. The topological polar surface area (TPSA) is 42.1 Å². The molecule has 1 aliphatic heterocycles. The van der Waals surface area contributed by atoms with Crippen molar-refractivity contribution in [2.24, 2.45) is 0 Å². The number of aromatic amines is 1. The number of aromatic nitrogens is 1. The van der Waals surface area contributed by atoms with Crippen molar-refractivity contribution in [3.63, 3.8) is 0 Å². The van der Waals surface area contributed by atoms with Gasteiger partial charge in [0.05, 0.1) is 5.56 Å². The van der Waals surface area contributed by atoms with Gasteiger partial charge in [-0.15, -0.1) is 11.8 Å². The van der Waals surface area contributed by atoms with Crippen molar-refractivity contribution in [2.75, 3.05) is 43.4 Å². The highest BCUT2D eigenvalue weighted by molar-refractivity contribution is 7.99. The third kappa shape index (κ3) is 5.83. The Hall–Kier alpha value is -1.84. The molecule has 1 aromatic carbocycles. The number of aliphatic hydroxyl groups excluding tert-OH is 1. The van der Waals surface area contributed by atoms with Crippen molar-refractivity contribution in [2.45, 2.75) is 17.2 Å². The molecule has 0 spiro atoms. The number of benzene rings is 1. The molecule has 1 aromatic heterocycles. The van der Waals surface area contributed by atoms with E-state index in [9.17, 15) is 22.7 Å². The van der Waals surface area contributed by atoms with E-state index >= 15 is 0 Å². The molecule has 152 valence electrons. The van der Waals surface area contributed by atoms with Gasteiger partial charge in [-0.25, -0.2) is 9.37 Å². The molecule has 3 rings (SSSR count). The zero-order chi connectivity index (χ0) is 20.1. The maximum absolute atomic E-state index is 12.9. The largest absolute Gasteiger partial charge is 0.419 e. The van der Waals surface area contributed by atoms with E-state index in [1.165, 1.54) is 34.9 Å². The van der Waals surface area contributed by atoms with Crippen molar-refractivity contribution in [3.05, 3.63) is 54.0 Å². The Morgan fingerprint density at radius 3 is 2.36 bits per heavy atom. The molecule has 3 N–H and O–H groups in total. The zero-order valence-corrected chi connectivity index (χ0v) is 16.0. The molecule has 2 heterocycles. The fourth-order valence-electron chi connectivity index (χ4n) is 3.17. The van der Waals surface area contributed by atoms with E-state index in [1.807, 2.05) is 4.90 Å². The number of H-pyrrole nitrogens is 1. The minimum atomic E-state index is -4.35. The third-order valence-corrected chi connectivity index (χ3v) is 5.87. The first-order chi connectivity index (χ1) is 13.3. The maximum Gasteiger partial charge on any atom is 0.419 e. The summed E-state index contributed by atoms with van der Waals surface area (Å²) in [5, 5.41) is 10.3. The summed E-state index contributed by atoms with van der Waals surface area (Å²) in [6.07, 6.45) is -3.83. The van der Waals surface area contributed by atoms with Crippen LogP contribution in [0.3, 0.4) is 0 Å². The lowest BCUT2D eigenvalue weighted by atomic mass is 10.2. The molecule has 1 fully saturated rings. The molecule has 9 heteroatoms. The number of halogens is 4. The Morgan fingerprint density at radius 1 is 1.11 bits per heavy atom. The Balaban J connectivity index is 1.42. The number of hydrogen-bond donors (Lipinski definition) is 2. The smallest absolute Gasteiger partial charge is 0.386 e. The molecule has 4 nitrogen and oxygen atoms in total. The molecule has 1 saturated heterocycles. The van der Waals surface area contributed by atoms with Gasteiger partial charge in [-0.3, -0.25) is 4.90 Å². The lowest BCUT2D eigenvalue weighted by molar-refractivity contribution is -0.903. The number of nitrogens with one attached hydrogen (secondary N) is 2. The molecule has 0 radical (unpaired) electrons. The van der Waals surface area contributed by atoms with Crippen molar-refractivity contribution in [1.29, 1.82) is 0 Å². The maximum atomic E-state index is 12.9. The number of quaternary nitrogens is 1. The summed E-state index contributed by atoms with van der Waals surface area (Å²) in [5.41, 5.74) is -0.692. The van der Waals surface area contributed by atoms with Crippen LogP contribution in [0.2, 0.25) is 0 Å². The van der Waals surface area contributed by atoms with E-state index in [0.29, 0.717) is 31.2 Å². The molecule has 2 aromatic rings. The van der Waals surface area contributed by atoms with Crippen LogP contribution in [0, 0.1) is 5.82 Å². The summed E-state index contributed by atoms with van der Waals surface area (Å²) in [5.74, 6) is 0.919. The summed E-state index contributed by atoms with van der Waals surface area (Å²) in [6, 6.07) is 8.73. The van der Waals surface area contributed by atoms with Gasteiger partial charge in [0.2, 0.25) is 0 Å². The summed E-state index contributed by atoms with van der Waals surface area (Å²) >= 11 is 1.49. The minimum absolute atomic E-state index is 0.280. The van der Waals surface area contributed by atoms with Crippen LogP contribution in [-0.4, -0.2) is 49.7 Å². The molecular formula is C19H23F4N3OS+2. The van der Waals surface area contributed by atoms with Gasteiger partial charge < -0.3 is 10.0 Å². The zero-order valence-electron chi connectivity index (χ0n) is 15.2.